The topological polar surface area (TPSA) is 30.7 Å². The number of aryl methyl sites for hydroxylation is 1. The lowest BCUT2D eigenvalue weighted by Gasteiger charge is -2.13. The van der Waals surface area contributed by atoms with Gasteiger partial charge in [0, 0.05) is 17.4 Å². The van der Waals surface area contributed by atoms with Crippen molar-refractivity contribution in [2.75, 3.05) is 0 Å². The maximum absolute atomic E-state index is 13.7. The first kappa shape index (κ1) is 14.7. The molecule has 0 amide bonds. The second kappa shape index (κ2) is 6.17. The summed E-state index contributed by atoms with van der Waals surface area (Å²) >= 11 is 1.34. The minimum atomic E-state index is -0.447. The molecule has 2 aromatic rings. The van der Waals surface area contributed by atoms with Gasteiger partial charge < -0.3 is 4.57 Å². The zero-order valence-corrected chi connectivity index (χ0v) is 12.1. The highest BCUT2D eigenvalue weighted by Crippen LogP contribution is 2.35. The van der Waals surface area contributed by atoms with E-state index in [1.165, 1.54) is 17.8 Å². The Labute approximate surface area is 120 Å². The first-order chi connectivity index (χ1) is 9.52. The van der Waals surface area contributed by atoms with Gasteiger partial charge in [-0.25, -0.2) is 8.78 Å². The van der Waals surface area contributed by atoms with Crippen LogP contribution in [0.3, 0.4) is 0 Å². The number of aromatic nitrogens is 3. The molecule has 1 aromatic carbocycles. The van der Waals surface area contributed by atoms with Crippen LogP contribution in [0, 0.1) is 18.6 Å². The van der Waals surface area contributed by atoms with Gasteiger partial charge in [0.15, 0.2) is 5.16 Å². The highest BCUT2D eigenvalue weighted by molar-refractivity contribution is 7.99. The van der Waals surface area contributed by atoms with Crippen LogP contribution in [-0.2, 0) is 6.54 Å². The van der Waals surface area contributed by atoms with E-state index in [0.29, 0.717) is 17.3 Å². The van der Waals surface area contributed by atoms with Crippen molar-refractivity contribution in [1.82, 2.24) is 14.8 Å². The third-order valence-corrected chi connectivity index (χ3v) is 4.01. The molecule has 0 aliphatic heterocycles. The number of allylic oxidation sites excluding steroid dienone is 1. The molecule has 0 aliphatic rings. The molecular formula is C14H15F2N3S. The molecule has 0 aliphatic carbocycles. The molecule has 1 heterocycles. The van der Waals surface area contributed by atoms with Gasteiger partial charge in [0.05, 0.1) is 0 Å². The van der Waals surface area contributed by atoms with Crippen LogP contribution in [-0.4, -0.2) is 14.8 Å². The fourth-order valence-corrected chi connectivity index (χ4v) is 2.88. The maximum Gasteiger partial charge on any atom is 0.192 e. The van der Waals surface area contributed by atoms with Crippen molar-refractivity contribution in [3.63, 3.8) is 0 Å². The Balaban J connectivity index is 2.25. The molecule has 6 heteroatoms. The van der Waals surface area contributed by atoms with E-state index in [2.05, 4.69) is 16.8 Å². The number of hydrogen-bond donors (Lipinski definition) is 0. The van der Waals surface area contributed by atoms with Crippen LogP contribution in [0.2, 0.25) is 0 Å². The Kier molecular flexibility index (Phi) is 4.54. The van der Waals surface area contributed by atoms with Crippen LogP contribution in [0.4, 0.5) is 8.78 Å². The van der Waals surface area contributed by atoms with E-state index >= 15 is 0 Å². The minimum Gasteiger partial charge on any atom is -0.302 e. The molecule has 1 unspecified atom stereocenters. The van der Waals surface area contributed by atoms with Crippen LogP contribution in [0.15, 0.2) is 36.0 Å². The molecule has 1 atom stereocenters. The first-order valence-corrected chi connectivity index (χ1v) is 7.03. The standard InChI is InChI=1S/C14H15F2N3S/c1-4-7-19-10(3)17-18-14(19)20-9(2)12-8-11(15)5-6-13(12)16/h4-6,8-9H,1,7H2,2-3H3. The summed E-state index contributed by atoms with van der Waals surface area (Å²) in [5, 5.41) is 8.46. The molecule has 20 heavy (non-hydrogen) atoms. The predicted molar refractivity (Wildman–Crippen MR) is 75.6 cm³/mol. The lowest BCUT2D eigenvalue weighted by atomic mass is 10.1. The van der Waals surface area contributed by atoms with Crippen LogP contribution in [0.1, 0.15) is 23.6 Å². The third-order valence-electron chi connectivity index (χ3n) is 2.89. The van der Waals surface area contributed by atoms with E-state index < -0.39 is 11.6 Å². The van der Waals surface area contributed by atoms with E-state index in [1.807, 2.05) is 18.4 Å². The van der Waals surface area contributed by atoms with E-state index in [4.69, 9.17) is 0 Å². The van der Waals surface area contributed by atoms with Crippen molar-refractivity contribution in [2.24, 2.45) is 0 Å². The van der Waals surface area contributed by atoms with Gasteiger partial charge in [0.2, 0.25) is 0 Å². The first-order valence-electron chi connectivity index (χ1n) is 6.15. The van der Waals surface area contributed by atoms with Gasteiger partial charge in [-0.05, 0) is 32.0 Å². The van der Waals surface area contributed by atoms with Crippen molar-refractivity contribution >= 4 is 11.8 Å². The van der Waals surface area contributed by atoms with Gasteiger partial charge in [-0.3, -0.25) is 0 Å². The van der Waals surface area contributed by atoms with Crippen LogP contribution in [0.25, 0.3) is 0 Å². The summed E-state index contributed by atoms with van der Waals surface area (Å²) in [7, 11) is 0. The van der Waals surface area contributed by atoms with Crippen LogP contribution >= 0.6 is 11.8 Å². The summed E-state index contributed by atoms with van der Waals surface area (Å²) in [6, 6.07) is 3.47. The molecule has 0 spiro atoms. The van der Waals surface area contributed by atoms with Gasteiger partial charge in [0.25, 0.3) is 0 Å². The highest BCUT2D eigenvalue weighted by Gasteiger charge is 2.17. The van der Waals surface area contributed by atoms with E-state index in [-0.39, 0.29) is 5.25 Å². The van der Waals surface area contributed by atoms with E-state index in [9.17, 15) is 8.78 Å². The second-order valence-corrected chi connectivity index (χ2v) is 5.66. The van der Waals surface area contributed by atoms with Crippen LogP contribution in [0.5, 0.6) is 0 Å². The number of benzene rings is 1. The Morgan fingerprint density at radius 2 is 2.15 bits per heavy atom. The zero-order valence-electron chi connectivity index (χ0n) is 11.3. The van der Waals surface area contributed by atoms with E-state index in [0.717, 1.165) is 18.0 Å². The average Bonchev–Trinajstić information content (AvgIpc) is 2.75. The fraction of sp³-hybridized carbons (Fsp3) is 0.286. The van der Waals surface area contributed by atoms with Gasteiger partial charge in [-0.15, -0.1) is 16.8 Å². The molecule has 3 nitrogen and oxygen atoms in total. The Bertz CT molecular complexity index is 625. The molecular weight excluding hydrogens is 280 g/mol. The van der Waals surface area contributed by atoms with Crippen LogP contribution < -0.4 is 0 Å². The second-order valence-electron chi connectivity index (χ2n) is 4.35. The molecule has 0 bridgehead atoms. The van der Waals surface area contributed by atoms with E-state index in [1.54, 1.807) is 6.08 Å². The maximum atomic E-state index is 13.7. The zero-order chi connectivity index (χ0) is 14.7. The largest absolute Gasteiger partial charge is 0.302 e. The molecule has 0 saturated carbocycles. The van der Waals surface area contributed by atoms with Crippen molar-refractivity contribution in [2.45, 2.75) is 30.8 Å². The van der Waals surface area contributed by atoms with Gasteiger partial charge in [0.1, 0.15) is 17.5 Å². The molecule has 0 fully saturated rings. The summed E-state index contributed by atoms with van der Waals surface area (Å²) in [5.41, 5.74) is 0.320. The third kappa shape index (κ3) is 3.07. The number of hydrogen-bond acceptors (Lipinski definition) is 3. The Morgan fingerprint density at radius 1 is 1.40 bits per heavy atom. The molecule has 0 saturated heterocycles. The smallest absolute Gasteiger partial charge is 0.192 e. The molecule has 0 radical (unpaired) electrons. The van der Waals surface area contributed by atoms with Crippen molar-refractivity contribution in [3.05, 3.63) is 53.9 Å². The summed E-state index contributed by atoms with van der Waals surface area (Å²) in [6.07, 6.45) is 1.74. The summed E-state index contributed by atoms with van der Waals surface area (Å²) < 4.78 is 28.8. The number of thioether (sulfide) groups is 1. The quantitative estimate of drug-likeness (QED) is 0.619. The Hall–Kier alpha value is -1.69. The molecule has 2 rings (SSSR count). The highest BCUT2D eigenvalue weighted by atomic mass is 32.2. The number of rotatable bonds is 5. The fourth-order valence-electron chi connectivity index (χ4n) is 1.84. The summed E-state index contributed by atoms with van der Waals surface area (Å²) in [6.45, 7) is 7.92. The average molecular weight is 295 g/mol. The van der Waals surface area contributed by atoms with Crippen molar-refractivity contribution in [3.8, 4) is 0 Å². The molecule has 0 N–H and O–H groups in total. The summed E-state index contributed by atoms with van der Waals surface area (Å²) in [4.78, 5) is 0. The minimum absolute atomic E-state index is 0.266. The van der Waals surface area contributed by atoms with Gasteiger partial charge in [-0.1, -0.05) is 17.8 Å². The normalized spacial score (nSPS) is 12.4. The number of nitrogens with zero attached hydrogens (tertiary/aromatic N) is 3. The van der Waals surface area contributed by atoms with Gasteiger partial charge >= 0.3 is 0 Å². The van der Waals surface area contributed by atoms with Crippen molar-refractivity contribution < 1.29 is 8.78 Å². The lowest BCUT2D eigenvalue weighted by molar-refractivity contribution is 0.585. The summed E-state index contributed by atoms with van der Waals surface area (Å²) in [5.74, 6) is -0.102. The lowest BCUT2D eigenvalue weighted by Crippen LogP contribution is -2.02. The number of halogens is 2. The monoisotopic (exact) mass is 295 g/mol. The van der Waals surface area contributed by atoms with Crippen molar-refractivity contribution in [1.29, 1.82) is 0 Å². The predicted octanol–water partition coefficient (Wildman–Crippen LogP) is 3.90. The molecule has 106 valence electrons. The Morgan fingerprint density at radius 3 is 2.85 bits per heavy atom. The SMILES string of the molecule is C=CCn1c(C)nnc1SC(C)c1cc(F)ccc1F. The molecule has 1 aromatic heterocycles. The van der Waals surface area contributed by atoms with Gasteiger partial charge in [-0.2, -0.15) is 0 Å².